The molecule has 0 radical (unpaired) electrons. The summed E-state index contributed by atoms with van der Waals surface area (Å²) in [6.45, 7) is 1.68. The number of nitrogen functional groups attached to an aromatic ring is 1. The molecular weight excluding hydrogens is 281 g/mol. The zero-order chi connectivity index (χ0) is 14.9. The predicted octanol–water partition coefficient (Wildman–Crippen LogP) is 1.12. The predicted molar refractivity (Wildman–Crippen MR) is 76.3 cm³/mol. The number of nitrogens with two attached hydrogens (primary N) is 1. The van der Waals surface area contributed by atoms with Crippen LogP contribution in [0.3, 0.4) is 0 Å². The van der Waals surface area contributed by atoms with E-state index in [2.05, 4.69) is 4.90 Å². The van der Waals surface area contributed by atoms with Crippen LogP contribution in [-0.2, 0) is 10.0 Å². The summed E-state index contributed by atoms with van der Waals surface area (Å²) >= 11 is 0. The molecule has 0 bridgehead atoms. The van der Waals surface area contributed by atoms with Gasteiger partial charge in [0, 0.05) is 18.8 Å². The number of nitrogens with zero attached hydrogens (tertiary/aromatic N) is 2. The van der Waals surface area contributed by atoms with Gasteiger partial charge in [0.15, 0.2) is 0 Å². The van der Waals surface area contributed by atoms with Crippen molar-refractivity contribution in [1.29, 1.82) is 0 Å². The Morgan fingerprint density at radius 1 is 1.35 bits per heavy atom. The molecule has 1 fully saturated rings. The third-order valence-corrected chi connectivity index (χ3v) is 5.76. The van der Waals surface area contributed by atoms with Gasteiger partial charge in [-0.25, -0.2) is 12.8 Å². The largest absolute Gasteiger partial charge is 0.399 e. The Morgan fingerprint density at radius 2 is 1.95 bits per heavy atom. The molecule has 1 saturated heterocycles. The first-order valence-corrected chi connectivity index (χ1v) is 7.98. The molecular formula is C13H20FN3O2S. The van der Waals surface area contributed by atoms with Crippen LogP contribution >= 0.6 is 0 Å². The Kier molecular flexibility index (Phi) is 4.31. The topological polar surface area (TPSA) is 66.6 Å². The van der Waals surface area contributed by atoms with E-state index in [1.165, 1.54) is 23.5 Å². The maximum absolute atomic E-state index is 13.8. The van der Waals surface area contributed by atoms with Crippen LogP contribution in [0.15, 0.2) is 23.1 Å². The molecule has 20 heavy (non-hydrogen) atoms. The van der Waals surface area contributed by atoms with E-state index in [0.717, 1.165) is 32.0 Å². The minimum atomic E-state index is -3.82. The van der Waals surface area contributed by atoms with Crippen molar-refractivity contribution in [3.8, 4) is 0 Å². The van der Waals surface area contributed by atoms with Crippen LogP contribution < -0.4 is 5.73 Å². The van der Waals surface area contributed by atoms with E-state index in [1.54, 1.807) is 0 Å². The molecule has 1 heterocycles. The van der Waals surface area contributed by atoms with Gasteiger partial charge in [0.25, 0.3) is 0 Å². The van der Waals surface area contributed by atoms with E-state index < -0.39 is 15.8 Å². The number of piperidine rings is 1. The number of hydrogen-bond acceptors (Lipinski definition) is 4. The SMILES string of the molecule is CN1CCC(N(C)S(=O)(=O)c2ccc(N)cc2F)CC1. The Bertz CT molecular complexity index is 583. The summed E-state index contributed by atoms with van der Waals surface area (Å²) in [5, 5.41) is 0. The molecule has 2 N–H and O–H groups in total. The molecule has 112 valence electrons. The van der Waals surface area contributed by atoms with E-state index >= 15 is 0 Å². The molecule has 0 amide bonds. The molecule has 0 aliphatic carbocycles. The quantitative estimate of drug-likeness (QED) is 0.850. The third kappa shape index (κ3) is 2.94. The molecule has 0 saturated carbocycles. The second-order valence-electron chi connectivity index (χ2n) is 5.25. The van der Waals surface area contributed by atoms with Gasteiger partial charge in [-0.05, 0) is 51.2 Å². The van der Waals surface area contributed by atoms with Crippen LogP contribution in [-0.4, -0.2) is 50.8 Å². The number of hydrogen-bond donors (Lipinski definition) is 1. The number of rotatable bonds is 3. The lowest BCUT2D eigenvalue weighted by molar-refractivity contribution is 0.197. The number of likely N-dealkylation sites (tertiary alicyclic amines) is 1. The smallest absolute Gasteiger partial charge is 0.245 e. The molecule has 7 heteroatoms. The van der Waals surface area contributed by atoms with Crippen molar-refractivity contribution >= 4 is 15.7 Å². The fraction of sp³-hybridized carbons (Fsp3) is 0.538. The molecule has 1 aliphatic heterocycles. The van der Waals surface area contributed by atoms with Crippen molar-refractivity contribution in [1.82, 2.24) is 9.21 Å². The maximum atomic E-state index is 13.8. The van der Waals surface area contributed by atoms with Gasteiger partial charge >= 0.3 is 0 Å². The van der Waals surface area contributed by atoms with Crippen LogP contribution in [0.5, 0.6) is 0 Å². The fourth-order valence-electron chi connectivity index (χ4n) is 2.44. The lowest BCUT2D eigenvalue weighted by Gasteiger charge is -2.34. The zero-order valence-electron chi connectivity index (χ0n) is 11.7. The van der Waals surface area contributed by atoms with Crippen LogP contribution in [0.4, 0.5) is 10.1 Å². The van der Waals surface area contributed by atoms with Gasteiger partial charge in [-0.1, -0.05) is 0 Å². The average Bonchev–Trinajstić information content (AvgIpc) is 2.38. The number of anilines is 1. The minimum absolute atomic E-state index is 0.0897. The van der Waals surface area contributed by atoms with Gasteiger partial charge in [0.2, 0.25) is 10.0 Å². The lowest BCUT2D eigenvalue weighted by Crippen LogP contribution is -2.44. The molecule has 1 aromatic carbocycles. The van der Waals surface area contributed by atoms with E-state index in [9.17, 15) is 12.8 Å². The molecule has 5 nitrogen and oxygen atoms in total. The third-order valence-electron chi connectivity index (χ3n) is 3.82. The van der Waals surface area contributed by atoms with Crippen molar-refractivity contribution in [3.05, 3.63) is 24.0 Å². The van der Waals surface area contributed by atoms with E-state index in [1.807, 2.05) is 7.05 Å². The van der Waals surface area contributed by atoms with E-state index in [-0.39, 0.29) is 16.6 Å². The van der Waals surface area contributed by atoms with Gasteiger partial charge in [-0.15, -0.1) is 0 Å². The minimum Gasteiger partial charge on any atom is -0.399 e. The average molecular weight is 301 g/mol. The molecule has 2 rings (SSSR count). The Morgan fingerprint density at radius 3 is 2.50 bits per heavy atom. The molecule has 0 atom stereocenters. The summed E-state index contributed by atoms with van der Waals surface area (Å²) in [5.74, 6) is -0.801. The van der Waals surface area contributed by atoms with Crippen molar-refractivity contribution in [2.24, 2.45) is 0 Å². The van der Waals surface area contributed by atoms with Crippen LogP contribution in [0, 0.1) is 5.82 Å². The number of sulfonamides is 1. The van der Waals surface area contributed by atoms with E-state index in [0.29, 0.717) is 0 Å². The van der Waals surface area contributed by atoms with Gasteiger partial charge in [-0.3, -0.25) is 0 Å². The maximum Gasteiger partial charge on any atom is 0.245 e. The summed E-state index contributed by atoms with van der Waals surface area (Å²) in [6, 6.07) is 3.58. The first-order valence-electron chi connectivity index (χ1n) is 6.54. The molecule has 0 aromatic heterocycles. The van der Waals surface area contributed by atoms with Crippen LogP contribution in [0.2, 0.25) is 0 Å². The lowest BCUT2D eigenvalue weighted by atomic mass is 10.1. The van der Waals surface area contributed by atoms with Gasteiger partial charge in [-0.2, -0.15) is 4.31 Å². The second kappa shape index (κ2) is 5.67. The summed E-state index contributed by atoms with van der Waals surface area (Å²) < 4.78 is 40.1. The summed E-state index contributed by atoms with van der Waals surface area (Å²) in [5.41, 5.74) is 5.66. The van der Waals surface area contributed by atoms with Crippen molar-refractivity contribution in [2.75, 3.05) is 32.9 Å². The van der Waals surface area contributed by atoms with Crippen molar-refractivity contribution < 1.29 is 12.8 Å². The Labute approximate surface area is 119 Å². The highest BCUT2D eigenvalue weighted by Gasteiger charge is 2.31. The summed E-state index contributed by atoms with van der Waals surface area (Å²) in [7, 11) is -0.300. The van der Waals surface area contributed by atoms with Crippen LogP contribution in [0.1, 0.15) is 12.8 Å². The standard InChI is InChI=1S/C13H20FN3O2S/c1-16-7-5-11(6-8-16)17(2)20(18,19)13-4-3-10(15)9-12(13)14/h3-4,9,11H,5-8,15H2,1-2H3. The zero-order valence-corrected chi connectivity index (χ0v) is 12.5. The van der Waals surface area contributed by atoms with Gasteiger partial charge in [0.1, 0.15) is 10.7 Å². The highest BCUT2D eigenvalue weighted by atomic mass is 32.2. The normalized spacial score (nSPS) is 18.6. The second-order valence-corrected chi connectivity index (χ2v) is 7.21. The monoisotopic (exact) mass is 301 g/mol. The van der Waals surface area contributed by atoms with Gasteiger partial charge < -0.3 is 10.6 Å². The molecule has 1 aliphatic rings. The number of halogens is 1. The molecule has 0 unspecified atom stereocenters. The Balaban J connectivity index is 2.25. The first kappa shape index (κ1) is 15.2. The van der Waals surface area contributed by atoms with Crippen molar-refractivity contribution in [3.63, 3.8) is 0 Å². The highest BCUT2D eigenvalue weighted by Crippen LogP contribution is 2.25. The molecule has 0 spiro atoms. The molecule has 1 aromatic rings. The van der Waals surface area contributed by atoms with Crippen LogP contribution in [0.25, 0.3) is 0 Å². The Hall–Kier alpha value is -1.18. The number of benzene rings is 1. The van der Waals surface area contributed by atoms with Gasteiger partial charge in [0.05, 0.1) is 0 Å². The fourth-order valence-corrected chi connectivity index (χ4v) is 3.90. The van der Waals surface area contributed by atoms with E-state index in [4.69, 9.17) is 5.73 Å². The first-order chi connectivity index (χ1) is 9.32. The van der Waals surface area contributed by atoms with Crippen molar-refractivity contribution in [2.45, 2.75) is 23.8 Å². The summed E-state index contributed by atoms with van der Waals surface area (Å²) in [6.07, 6.45) is 1.51. The summed E-state index contributed by atoms with van der Waals surface area (Å²) in [4.78, 5) is 1.84. The highest BCUT2D eigenvalue weighted by molar-refractivity contribution is 7.89.